The third kappa shape index (κ3) is 2.39. The van der Waals surface area contributed by atoms with E-state index >= 15 is 0 Å². The van der Waals surface area contributed by atoms with E-state index in [1.807, 2.05) is 0 Å². The highest BCUT2D eigenvalue weighted by Gasteiger charge is 2.54. The fourth-order valence-corrected chi connectivity index (χ4v) is 5.58. The second-order valence-corrected chi connectivity index (χ2v) is 8.04. The van der Waals surface area contributed by atoms with Crippen molar-refractivity contribution >= 4 is 38.9 Å². The van der Waals surface area contributed by atoms with Gasteiger partial charge in [-0.1, -0.05) is 31.4 Å². The molecule has 1 heterocycles. The largest absolute Gasteiger partial charge is 0.309 e. The summed E-state index contributed by atoms with van der Waals surface area (Å²) in [6.07, 6.45) is 5.76. The molecular weight excluding hydrogens is 330 g/mol. The van der Waals surface area contributed by atoms with Crippen molar-refractivity contribution in [2.75, 3.05) is 6.54 Å². The predicted octanol–water partition coefficient (Wildman–Crippen LogP) is 5.25. The van der Waals surface area contributed by atoms with Gasteiger partial charge in [-0.3, -0.25) is 0 Å². The molecule has 2 aliphatic rings. The Hall–Kier alpha value is 0.430. The van der Waals surface area contributed by atoms with Crippen LogP contribution in [0.5, 0.6) is 0 Å². The summed E-state index contributed by atoms with van der Waals surface area (Å²) in [6.45, 7) is 3.23. The van der Waals surface area contributed by atoms with Crippen molar-refractivity contribution in [3.8, 4) is 0 Å². The summed E-state index contributed by atoms with van der Waals surface area (Å²) in [4.78, 5) is 1.41. The van der Waals surface area contributed by atoms with Crippen molar-refractivity contribution in [2.45, 2.75) is 38.6 Å². The number of nitrogens with one attached hydrogen (secondary N) is 1. The predicted molar refractivity (Wildman–Crippen MR) is 82.4 cm³/mol. The highest BCUT2D eigenvalue weighted by Crippen LogP contribution is 2.61. The maximum Gasteiger partial charge on any atom is 0.107 e. The van der Waals surface area contributed by atoms with Gasteiger partial charge >= 0.3 is 0 Å². The van der Waals surface area contributed by atoms with Crippen LogP contribution in [-0.4, -0.2) is 6.54 Å². The van der Waals surface area contributed by atoms with Crippen LogP contribution in [0.4, 0.5) is 0 Å². The molecule has 0 aromatic carbocycles. The molecule has 0 bridgehead atoms. The molecule has 4 heteroatoms. The third-order valence-electron chi connectivity index (χ3n) is 4.50. The van der Waals surface area contributed by atoms with Gasteiger partial charge in [0.15, 0.2) is 0 Å². The molecule has 0 radical (unpaired) electrons. The molecule has 100 valence electrons. The summed E-state index contributed by atoms with van der Waals surface area (Å²) in [6, 6.07) is 2.74. The average molecular weight is 349 g/mol. The van der Waals surface area contributed by atoms with E-state index in [4.69, 9.17) is 11.6 Å². The number of hydrogen-bond acceptors (Lipinski definition) is 2. The van der Waals surface area contributed by atoms with Crippen LogP contribution < -0.4 is 5.32 Å². The molecule has 3 atom stereocenters. The third-order valence-corrected chi connectivity index (χ3v) is 7.06. The lowest BCUT2D eigenvalue weighted by molar-refractivity contribution is 0.463. The SMILES string of the molecule is CCNC(c1cc(Br)c(Cl)s1)C1C2CCCCC21. The second kappa shape index (κ2) is 5.43. The van der Waals surface area contributed by atoms with Crippen LogP contribution in [0, 0.1) is 17.8 Å². The van der Waals surface area contributed by atoms with Crippen LogP contribution in [0.3, 0.4) is 0 Å². The fourth-order valence-electron chi connectivity index (χ4n) is 3.71. The first-order chi connectivity index (χ1) is 8.72. The summed E-state index contributed by atoms with van der Waals surface area (Å²) < 4.78 is 1.94. The van der Waals surface area contributed by atoms with Crippen molar-refractivity contribution in [1.82, 2.24) is 5.32 Å². The van der Waals surface area contributed by atoms with Gasteiger partial charge in [0, 0.05) is 15.4 Å². The zero-order chi connectivity index (χ0) is 12.7. The number of fused-ring (bicyclic) bond motifs is 1. The average Bonchev–Trinajstić information content (AvgIpc) is 2.99. The van der Waals surface area contributed by atoms with E-state index in [0.717, 1.165) is 33.1 Å². The first-order valence-electron chi connectivity index (χ1n) is 6.90. The van der Waals surface area contributed by atoms with E-state index in [1.54, 1.807) is 11.3 Å². The van der Waals surface area contributed by atoms with E-state index in [2.05, 4.69) is 34.2 Å². The summed E-state index contributed by atoms with van der Waals surface area (Å²) in [5.41, 5.74) is 0. The van der Waals surface area contributed by atoms with Gasteiger partial charge in [0.25, 0.3) is 0 Å². The minimum Gasteiger partial charge on any atom is -0.309 e. The minimum atomic E-state index is 0.525. The van der Waals surface area contributed by atoms with Crippen molar-refractivity contribution in [3.05, 3.63) is 19.8 Å². The van der Waals surface area contributed by atoms with Crippen LogP contribution in [0.1, 0.15) is 43.5 Å². The molecule has 2 aliphatic carbocycles. The zero-order valence-corrected chi connectivity index (χ0v) is 13.7. The van der Waals surface area contributed by atoms with E-state index in [-0.39, 0.29) is 0 Å². The van der Waals surface area contributed by atoms with Crippen molar-refractivity contribution in [3.63, 3.8) is 0 Å². The molecule has 0 saturated heterocycles. The maximum absolute atomic E-state index is 6.20. The molecular formula is C14H19BrClNS. The molecule has 0 spiro atoms. The molecule has 1 aromatic rings. The van der Waals surface area contributed by atoms with Gasteiger partial charge < -0.3 is 5.32 Å². The fraction of sp³-hybridized carbons (Fsp3) is 0.714. The quantitative estimate of drug-likeness (QED) is 0.783. The molecule has 3 unspecified atom stereocenters. The molecule has 18 heavy (non-hydrogen) atoms. The van der Waals surface area contributed by atoms with Crippen LogP contribution in [0.25, 0.3) is 0 Å². The molecule has 1 nitrogen and oxygen atoms in total. The Morgan fingerprint density at radius 1 is 1.44 bits per heavy atom. The summed E-state index contributed by atoms with van der Waals surface area (Å²) in [5, 5.41) is 3.69. The lowest BCUT2D eigenvalue weighted by atomic mass is 10.0. The van der Waals surface area contributed by atoms with Gasteiger partial charge in [-0.25, -0.2) is 0 Å². The smallest absolute Gasteiger partial charge is 0.107 e. The van der Waals surface area contributed by atoms with Crippen LogP contribution in [0.2, 0.25) is 4.34 Å². The number of rotatable bonds is 4. The summed E-state index contributed by atoms with van der Waals surface area (Å²) in [7, 11) is 0. The Balaban J connectivity index is 1.80. The van der Waals surface area contributed by atoms with Crippen LogP contribution in [-0.2, 0) is 0 Å². The number of hydrogen-bond donors (Lipinski definition) is 1. The van der Waals surface area contributed by atoms with E-state index in [1.165, 1.54) is 30.6 Å². The Kier molecular flexibility index (Phi) is 4.05. The molecule has 2 fully saturated rings. The molecule has 3 rings (SSSR count). The molecule has 0 aliphatic heterocycles. The first-order valence-corrected chi connectivity index (χ1v) is 8.89. The molecule has 0 amide bonds. The van der Waals surface area contributed by atoms with Crippen molar-refractivity contribution in [1.29, 1.82) is 0 Å². The first kappa shape index (κ1) is 13.4. The molecule has 1 aromatic heterocycles. The highest BCUT2D eigenvalue weighted by atomic mass is 79.9. The summed E-state index contributed by atoms with van der Waals surface area (Å²) >= 11 is 11.5. The van der Waals surface area contributed by atoms with Gasteiger partial charge in [0.05, 0.1) is 0 Å². The Bertz CT molecular complexity index is 402. The topological polar surface area (TPSA) is 12.0 Å². The van der Waals surface area contributed by atoms with E-state index in [0.29, 0.717) is 6.04 Å². The van der Waals surface area contributed by atoms with Crippen molar-refractivity contribution in [2.24, 2.45) is 17.8 Å². The summed E-state index contributed by atoms with van der Waals surface area (Å²) in [5.74, 6) is 2.80. The van der Waals surface area contributed by atoms with Crippen LogP contribution >= 0.6 is 38.9 Å². The maximum atomic E-state index is 6.20. The van der Waals surface area contributed by atoms with Gasteiger partial charge in [-0.05, 0) is 59.1 Å². The van der Waals surface area contributed by atoms with Crippen LogP contribution in [0.15, 0.2) is 10.5 Å². The standard InChI is InChI=1S/C14H19BrClNS/c1-2-17-13(11-7-10(15)14(16)18-11)12-8-5-3-4-6-9(8)12/h7-9,12-13,17H,2-6H2,1H3. The molecule has 2 saturated carbocycles. The highest BCUT2D eigenvalue weighted by molar-refractivity contribution is 9.10. The van der Waals surface area contributed by atoms with E-state index < -0.39 is 0 Å². The zero-order valence-electron chi connectivity index (χ0n) is 10.6. The van der Waals surface area contributed by atoms with Gasteiger partial charge in [0.1, 0.15) is 4.34 Å². The lowest BCUT2D eigenvalue weighted by Crippen LogP contribution is -2.23. The van der Waals surface area contributed by atoms with E-state index in [9.17, 15) is 0 Å². The minimum absolute atomic E-state index is 0.525. The monoisotopic (exact) mass is 347 g/mol. The Morgan fingerprint density at radius 2 is 2.11 bits per heavy atom. The van der Waals surface area contributed by atoms with Gasteiger partial charge in [-0.15, -0.1) is 11.3 Å². The van der Waals surface area contributed by atoms with Gasteiger partial charge in [0.2, 0.25) is 0 Å². The Labute approximate surface area is 126 Å². The van der Waals surface area contributed by atoms with Crippen molar-refractivity contribution < 1.29 is 0 Å². The Morgan fingerprint density at radius 3 is 2.61 bits per heavy atom. The second-order valence-electron chi connectivity index (χ2n) is 5.50. The van der Waals surface area contributed by atoms with Gasteiger partial charge in [-0.2, -0.15) is 0 Å². The lowest BCUT2D eigenvalue weighted by Gasteiger charge is -2.16. The number of halogens is 2. The normalized spacial score (nSPS) is 32.1. The molecule has 1 N–H and O–H groups in total. The number of thiophene rings is 1.